The zero-order valence-corrected chi connectivity index (χ0v) is 6.27. The summed E-state index contributed by atoms with van der Waals surface area (Å²) >= 11 is 0.264. The van der Waals surface area contributed by atoms with Gasteiger partial charge in [0.15, 0.2) is 0 Å². The number of alkyl halides is 1. The van der Waals surface area contributed by atoms with E-state index < -0.39 is 0 Å². The summed E-state index contributed by atoms with van der Waals surface area (Å²) in [4.78, 5) is 4.15. The lowest BCUT2D eigenvalue weighted by Gasteiger charge is -2.00. The number of aliphatic imine (C=N–C) groups is 1. The van der Waals surface area contributed by atoms with E-state index in [0.717, 1.165) is 10.4 Å². The van der Waals surface area contributed by atoms with Gasteiger partial charge in [0.2, 0.25) is 0 Å². The normalized spacial score (nSPS) is 19.3. The van der Waals surface area contributed by atoms with E-state index in [-0.39, 0.29) is 20.7 Å². The molecular formula is C4H7IN2. The molecule has 1 heterocycles. The molecule has 0 radical (unpaired) electrons. The number of halogens is 1. The highest BCUT2D eigenvalue weighted by Crippen LogP contribution is 1.96. The molecule has 0 bridgehead atoms. The SMILES string of the molecule is CC1=NCI=CN1. The number of nitrogens with zero attached hydrogens (tertiary/aromatic N) is 1. The maximum absolute atomic E-state index is 4.15. The van der Waals surface area contributed by atoms with E-state index in [9.17, 15) is 0 Å². The Kier molecular flexibility index (Phi) is 1.78. The Balaban J connectivity index is 2.50. The molecular weight excluding hydrogens is 203 g/mol. The second-order valence-electron chi connectivity index (χ2n) is 1.27. The average molecular weight is 210 g/mol. The van der Waals surface area contributed by atoms with Crippen molar-refractivity contribution >= 4 is 30.7 Å². The standard InChI is InChI=1S/C4H7IN2/c1-4-6-2-5-3-7-4/h2H,3H2,1H3,(H,6,7). The minimum atomic E-state index is 0.264. The Morgan fingerprint density at radius 2 is 2.86 bits per heavy atom. The molecule has 0 aliphatic carbocycles. The molecule has 0 atom stereocenters. The molecule has 40 valence electrons. The summed E-state index contributed by atoms with van der Waals surface area (Å²) in [6.07, 6.45) is 0. The van der Waals surface area contributed by atoms with Crippen molar-refractivity contribution in [2.24, 2.45) is 4.99 Å². The Hall–Kier alpha value is 0.0700. The van der Waals surface area contributed by atoms with Gasteiger partial charge >= 0.3 is 0 Å². The summed E-state index contributed by atoms with van der Waals surface area (Å²) in [7, 11) is 0. The second kappa shape index (κ2) is 2.40. The van der Waals surface area contributed by atoms with Crippen molar-refractivity contribution in [1.82, 2.24) is 5.32 Å². The van der Waals surface area contributed by atoms with Crippen LogP contribution in [0.4, 0.5) is 0 Å². The minimum absolute atomic E-state index is 0.264. The monoisotopic (exact) mass is 210 g/mol. The zero-order chi connectivity index (χ0) is 5.11. The topological polar surface area (TPSA) is 24.4 Å². The predicted molar refractivity (Wildman–Crippen MR) is 41.2 cm³/mol. The van der Waals surface area contributed by atoms with E-state index in [1.807, 2.05) is 6.92 Å². The van der Waals surface area contributed by atoms with E-state index in [1.54, 1.807) is 0 Å². The molecule has 0 spiro atoms. The lowest BCUT2D eigenvalue weighted by Crippen LogP contribution is -2.19. The van der Waals surface area contributed by atoms with Gasteiger partial charge in [-0.05, 0) is 6.92 Å². The van der Waals surface area contributed by atoms with Crippen LogP contribution in [0.5, 0.6) is 0 Å². The first kappa shape index (κ1) is 5.21. The predicted octanol–water partition coefficient (Wildman–Crippen LogP) is 0.696. The van der Waals surface area contributed by atoms with Crippen LogP contribution in [0.1, 0.15) is 6.92 Å². The third-order valence-electron chi connectivity index (χ3n) is 0.707. The lowest BCUT2D eigenvalue weighted by atomic mass is 10.7. The van der Waals surface area contributed by atoms with Crippen LogP contribution in [0.2, 0.25) is 0 Å². The molecule has 0 saturated heterocycles. The molecule has 1 rings (SSSR count). The second-order valence-corrected chi connectivity index (χ2v) is 3.46. The van der Waals surface area contributed by atoms with Gasteiger partial charge in [0.25, 0.3) is 0 Å². The summed E-state index contributed by atoms with van der Waals surface area (Å²) in [5, 5.41) is 3.06. The van der Waals surface area contributed by atoms with Crippen LogP contribution in [0.25, 0.3) is 0 Å². The van der Waals surface area contributed by atoms with Crippen molar-refractivity contribution in [3.8, 4) is 0 Å². The first-order chi connectivity index (χ1) is 3.39. The molecule has 0 amide bonds. The van der Waals surface area contributed by atoms with E-state index in [1.165, 1.54) is 0 Å². The molecule has 1 aliphatic heterocycles. The summed E-state index contributed by atoms with van der Waals surface area (Å²) in [5.41, 5.74) is 0. The maximum Gasteiger partial charge on any atom is 0.0983 e. The van der Waals surface area contributed by atoms with Crippen LogP contribution >= 0.6 is 20.7 Å². The average Bonchev–Trinajstić information content (AvgIpc) is 1.69. The molecule has 1 aliphatic rings. The van der Waals surface area contributed by atoms with Crippen LogP contribution in [0.3, 0.4) is 0 Å². The van der Waals surface area contributed by atoms with Crippen molar-refractivity contribution < 1.29 is 0 Å². The van der Waals surface area contributed by atoms with Crippen LogP contribution in [-0.4, -0.2) is 14.5 Å². The van der Waals surface area contributed by atoms with E-state index >= 15 is 0 Å². The molecule has 7 heavy (non-hydrogen) atoms. The van der Waals surface area contributed by atoms with E-state index in [2.05, 4.69) is 14.4 Å². The molecule has 3 heteroatoms. The van der Waals surface area contributed by atoms with Crippen LogP contribution < -0.4 is 5.32 Å². The van der Waals surface area contributed by atoms with Crippen molar-refractivity contribution in [2.75, 3.05) is 4.55 Å². The van der Waals surface area contributed by atoms with Gasteiger partial charge in [0.05, 0.1) is 10.4 Å². The summed E-state index contributed by atoms with van der Waals surface area (Å²) in [6.45, 7) is 1.99. The van der Waals surface area contributed by atoms with Gasteiger partial charge in [0.1, 0.15) is 0 Å². The third kappa shape index (κ3) is 1.54. The summed E-state index contributed by atoms with van der Waals surface area (Å²) < 4.78 is 3.21. The minimum Gasteiger partial charge on any atom is -0.346 e. The van der Waals surface area contributed by atoms with E-state index in [4.69, 9.17) is 0 Å². The third-order valence-corrected chi connectivity index (χ3v) is 2.19. The molecule has 0 aromatic rings. The van der Waals surface area contributed by atoms with Crippen molar-refractivity contribution in [2.45, 2.75) is 6.92 Å². The van der Waals surface area contributed by atoms with Gasteiger partial charge in [0, 0.05) is 4.14 Å². The molecule has 0 aromatic heterocycles. The van der Waals surface area contributed by atoms with E-state index in [0.29, 0.717) is 0 Å². The molecule has 0 unspecified atom stereocenters. The van der Waals surface area contributed by atoms with Crippen LogP contribution in [0, 0.1) is 0 Å². The molecule has 1 N–H and O–H groups in total. The fourth-order valence-electron chi connectivity index (χ4n) is 0.322. The molecule has 0 aromatic carbocycles. The number of nitrogens with one attached hydrogen (secondary N) is 1. The Morgan fingerprint density at radius 1 is 2.00 bits per heavy atom. The highest BCUT2D eigenvalue weighted by Gasteiger charge is 1.86. The summed E-state index contributed by atoms with van der Waals surface area (Å²) in [6, 6.07) is 0. The smallest absolute Gasteiger partial charge is 0.0983 e. The van der Waals surface area contributed by atoms with Crippen molar-refractivity contribution in [3.63, 3.8) is 0 Å². The first-order valence-corrected chi connectivity index (χ1v) is 4.84. The first-order valence-electron chi connectivity index (χ1n) is 2.06. The Bertz CT molecular complexity index is 117. The highest BCUT2D eigenvalue weighted by molar-refractivity contribution is 14.2. The fraction of sp³-hybridized carbons (Fsp3) is 0.500. The van der Waals surface area contributed by atoms with Crippen LogP contribution in [0.15, 0.2) is 4.99 Å². The molecule has 0 saturated carbocycles. The summed E-state index contributed by atoms with van der Waals surface area (Å²) in [5.74, 6) is 1.06. The van der Waals surface area contributed by atoms with Crippen LogP contribution in [-0.2, 0) is 0 Å². The Morgan fingerprint density at radius 3 is 3.14 bits per heavy atom. The van der Waals surface area contributed by atoms with Gasteiger partial charge in [-0.1, -0.05) is 20.7 Å². The van der Waals surface area contributed by atoms with Gasteiger partial charge in [-0.15, -0.1) is 0 Å². The molecule has 2 nitrogen and oxygen atoms in total. The zero-order valence-electron chi connectivity index (χ0n) is 4.11. The number of hydrogen-bond donors (Lipinski definition) is 1. The Labute approximate surface area is 52.8 Å². The fourth-order valence-corrected chi connectivity index (χ4v) is 1.90. The lowest BCUT2D eigenvalue weighted by molar-refractivity contribution is 1.29. The van der Waals surface area contributed by atoms with Crippen molar-refractivity contribution in [1.29, 1.82) is 0 Å². The largest absolute Gasteiger partial charge is 0.346 e. The van der Waals surface area contributed by atoms with Gasteiger partial charge in [-0.2, -0.15) is 0 Å². The van der Waals surface area contributed by atoms with Gasteiger partial charge < -0.3 is 5.32 Å². The van der Waals surface area contributed by atoms with Gasteiger partial charge in [-0.25, -0.2) is 0 Å². The number of rotatable bonds is 0. The number of amidine groups is 1. The van der Waals surface area contributed by atoms with Gasteiger partial charge in [-0.3, -0.25) is 4.99 Å². The van der Waals surface area contributed by atoms with Crippen molar-refractivity contribution in [3.05, 3.63) is 0 Å². The quantitative estimate of drug-likeness (QED) is 0.355. The highest BCUT2D eigenvalue weighted by atomic mass is 127. The maximum atomic E-state index is 4.15. The number of hydrogen-bond acceptors (Lipinski definition) is 2. The molecule has 0 fully saturated rings.